The lowest BCUT2D eigenvalue weighted by molar-refractivity contribution is -0.118. The summed E-state index contributed by atoms with van der Waals surface area (Å²) < 4.78 is 5.45. The van der Waals surface area contributed by atoms with E-state index in [4.69, 9.17) is 10.5 Å². The van der Waals surface area contributed by atoms with Gasteiger partial charge in [-0.05, 0) is 61.7 Å². The average Bonchev–Trinajstić information content (AvgIpc) is 2.67. The van der Waals surface area contributed by atoms with E-state index in [2.05, 4.69) is 16.3 Å². The molecular formula is C20H23N3O3. The molecule has 0 spiro atoms. The lowest BCUT2D eigenvalue weighted by Gasteiger charge is -2.29. The van der Waals surface area contributed by atoms with Gasteiger partial charge in [-0.1, -0.05) is 6.07 Å². The fraction of sp³-hybridized carbons (Fsp3) is 0.300. The molecule has 0 aliphatic carbocycles. The molecule has 26 heavy (non-hydrogen) atoms. The highest BCUT2D eigenvalue weighted by Gasteiger charge is 2.12. The number of hydrogen-bond acceptors (Lipinski definition) is 4. The van der Waals surface area contributed by atoms with E-state index in [9.17, 15) is 9.59 Å². The van der Waals surface area contributed by atoms with Crippen LogP contribution < -0.4 is 20.7 Å². The van der Waals surface area contributed by atoms with Gasteiger partial charge in [-0.15, -0.1) is 0 Å². The van der Waals surface area contributed by atoms with Crippen molar-refractivity contribution in [3.8, 4) is 5.75 Å². The molecule has 0 unspecified atom stereocenters. The summed E-state index contributed by atoms with van der Waals surface area (Å²) in [6.45, 7) is 2.01. The molecule has 1 heterocycles. The molecule has 0 radical (unpaired) electrons. The number of nitrogens with one attached hydrogen (secondary N) is 1. The number of ether oxygens (including phenoxy) is 1. The minimum Gasteiger partial charge on any atom is -0.484 e. The molecule has 1 aliphatic rings. The summed E-state index contributed by atoms with van der Waals surface area (Å²) in [4.78, 5) is 25.5. The smallest absolute Gasteiger partial charge is 0.262 e. The topological polar surface area (TPSA) is 84.7 Å². The quantitative estimate of drug-likeness (QED) is 0.836. The van der Waals surface area contributed by atoms with Gasteiger partial charge < -0.3 is 20.7 Å². The number of rotatable bonds is 6. The maximum Gasteiger partial charge on any atom is 0.262 e. The van der Waals surface area contributed by atoms with Crippen LogP contribution in [0.1, 0.15) is 29.6 Å². The lowest BCUT2D eigenvalue weighted by Crippen LogP contribution is -2.29. The molecule has 3 rings (SSSR count). The van der Waals surface area contributed by atoms with Gasteiger partial charge >= 0.3 is 0 Å². The number of hydrogen-bond donors (Lipinski definition) is 2. The van der Waals surface area contributed by atoms with Crippen molar-refractivity contribution in [1.29, 1.82) is 0 Å². The SMILES string of the molecule is NC(=O)c1ccc(OCC(=O)Nc2cccc(N3CCCCC3)c2)cc1. The Bertz CT molecular complexity index is 768. The summed E-state index contributed by atoms with van der Waals surface area (Å²) >= 11 is 0. The van der Waals surface area contributed by atoms with Crippen LogP contribution in [0.5, 0.6) is 5.75 Å². The predicted octanol–water partition coefficient (Wildman–Crippen LogP) is 2.79. The van der Waals surface area contributed by atoms with Gasteiger partial charge in [-0.3, -0.25) is 9.59 Å². The van der Waals surface area contributed by atoms with Gasteiger partial charge in [-0.25, -0.2) is 0 Å². The Balaban J connectivity index is 1.53. The van der Waals surface area contributed by atoms with E-state index < -0.39 is 5.91 Å². The van der Waals surface area contributed by atoms with Crippen molar-refractivity contribution < 1.29 is 14.3 Å². The van der Waals surface area contributed by atoms with Crippen molar-refractivity contribution in [3.05, 3.63) is 54.1 Å². The summed E-state index contributed by atoms with van der Waals surface area (Å²) in [5, 5.41) is 2.86. The highest BCUT2D eigenvalue weighted by atomic mass is 16.5. The van der Waals surface area contributed by atoms with Crippen LogP contribution in [0.4, 0.5) is 11.4 Å². The Morgan fingerprint density at radius 1 is 1.04 bits per heavy atom. The molecule has 1 fully saturated rings. The third-order valence-corrected chi connectivity index (χ3v) is 4.36. The van der Waals surface area contributed by atoms with Crippen LogP contribution in [0.25, 0.3) is 0 Å². The number of nitrogens with two attached hydrogens (primary N) is 1. The molecule has 136 valence electrons. The first-order chi connectivity index (χ1) is 12.6. The molecule has 2 aromatic carbocycles. The highest BCUT2D eigenvalue weighted by molar-refractivity contribution is 5.93. The largest absolute Gasteiger partial charge is 0.484 e. The Morgan fingerprint density at radius 3 is 2.46 bits per heavy atom. The summed E-state index contributed by atoms with van der Waals surface area (Å²) in [7, 11) is 0. The molecule has 0 bridgehead atoms. The zero-order valence-corrected chi connectivity index (χ0v) is 14.6. The average molecular weight is 353 g/mol. The second-order valence-corrected chi connectivity index (χ2v) is 6.32. The van der Waals surface area contributed by atoms with Crippen molar-refractivity contribution in [1.82, 2.24) is 0 Å². The molecule has 3 N–H and O–H groups in total. The number of benzene rings is 2. The fourth-order valence-corrected chi connectivity index (χ4v) is 2.99. The van der Waals surface area contributed by atoms with Crippen LogP contribution in [0, 0.1) is 0 Å². The first-order valence-electron chi connectivity index (χ1n) is 8.79. The van der Waals surface area contributed by atoms with Crippen molar-refractivity contribution in [2.24, 2.45) is 5.73 Å². The van der Waals surface area contributed by atoms with E-state index in [1.54, 1.807) is 24.3 Å². The molecule has 2 aromatic rings. The highest BCUT2D eigenvalue weighted by Crippen LogP contribution is 2.23. The first kappa shape index (κ1) is 17.8. The third-order valence-electron chi connectivity index (χ3n) is 4.36. The maximum atomic E-state index is 12.1. The van der Waals surface area contributed by atoms with E-state index in [-0.39, 0.29) is 12.5 Å². The van der Waals surface area contributed by atoms with Gasteiger partial charge in [0.05, 0.1) is 0 Å². The second kappa shape index (κ2) is 8.38. The van der Waals surface area contributed by atoms with Crippen LogP contribution >= 0.6 is 0 Å². The summed E-state index contributed by atoms with van der Waals surface area (Å²) in [6.07, 6.45) is 3.70. The summed E-state index contributed by atoms with van der Waals surface area (Å²) in [5.74, 6) is -0.227. The van der Waals surface area contributed by atoms with Gasteiger partial charge in [-0.2, -0.15) is 0 Å². The van der Waals surface area contributed by atoms with Gasteiger partial charge in [0.25, 0.3) is 5.91 Å². The van der Waals surface area contributed by atoms with E-state index in [1.165, 1.54) is 19.3 Å². The molecular weight excluding hydrogens is 330 g/mol. The Kier molecular flexibility index (Phi) is 5.73. The molecule has 0 aromatic heterocycles. The molecule has 0 atom stereocenters. The van der Waals surface area contributed by atoms with Crippen LogP contribution in [-0.4, -0.2) is 31.5 Å². The Morgan fingerprint density at radius 2 is 1.77 bits per heavy atom. The zero-order chi connectivity index (χ0) is 18.4. The molecule has 2 amide bonds. The normalized spacial score (nSPS) is 13.9. The van der Waals surface area contributed by atoms with Crippen LogP contribution in [0.15, 0.2) is 48.5 Å². The number of amides is 2. The maximum absolute atomic E-state index is 12.1. The number of piperidine rings is 1. The van der Waals surface area contributed by atoms with E-state index in [0.29, 0.717) is 11.3 Å². The first-order valence-corrected chi connectivity index (χ1v) is 8.79. The van der Waals surface area contributed by atoms with Crippen LogP contribution in [0.2, 0.25) is 0 Å². The number of carbonyl (C=O) groups excluding carboxylic acids is 2. The second-order valence-electron chi connectivity index (χ2n) is 6.32. The molecule has 6 heteroatoms. The zero-order valence-electron chi connectivity index (χ0n) is 14.6. The van der Waals surface area contributed by atoms with Crippen LogP contribution in [0.3, 0.4) is 0 Å². The number of anilines is 2. The van der Waals surface area contributed by atoms with Gasteiger partial charge in [0.2, 0.25) is 5.91 Å². The molecule has 6 nitrogen and oxygen atoms in total. The molecule has 1 saturated heterocycles. The number of carbonyl (C=O) groups is 2. The van der Waals surface area contributed by atoms with E-state index >= 15 is 0 Å². The van der Waals surface area contributed by atoms with Gasteiger partial charge in [0.1, 0.15) is 5.75 Å². The Hall–Kier alpha value is -3.02. The van der Waals surface area contributed by atoms with Crippen molar-refractivity contribution in [2.75, 3.05) is 29.9 Å². The molecule has 1 aliphatic heterocycles. The number of nitrogens with zero attached hydrogens (tertiary/aromatic N) is 1. The summed E-state index contributed by atoms with van der Waals surface area (Å²) in [6, 6.07) is 14.2. The van der Waals surface area contributed by atoms with Crippen molar-refractivity contribution in [3.63, 3.8) is 0 Å². The third kappa shape index (κ3) is 4.75. The minimum atomic E-state index is -0.497. The van der Waals surface area contributed by atoms with Crippen molar-refractivity contribution >= 4 is 23.2 Å². The lowest BCUT2D eigenvalue weighted by atomic mass is 10.1. The Labute approximate surface area is 152 Å². The fourth-order valence-electron chi connectivity index (χ4n) is 2.99. The van der Waals surface area contributed by atoms with Crippen molar-refractivity contribution in [2.45, 2.75) is 19.3 Å². The van der Waals surface area contributed by atoms with Crippen LogP contribution in [-0.2, 0) is 4.79 Å². The standard InChI is InChI=1S/C20H23N3O3/c21-20(25)15-7-9-18(10-8-15)26-14-19(24)22-16-5-4-6-17(13-16)23-11-2-1-3-12-23/h4-10,13H,1-3,11-12,14H2,(H2,21,25)(H,22,24). The van der Waals surface area contributed by atoms with Gasteiger partial charge in [0, 0.05) is 30.0 Å². The molecule has 0 saturated carbocycles. The monoisotopic (exact) mass is 353 g/mol. The van der Waals surface area contributed by atoms with E-state index in [0.717, 1.165) is 24.5 Å². The number of primary amides is 1. The minimum absolute atomic E-state index is 0.107. The summed E-state index contributed by atoms with van der Waals surface area (Å²) in [5.41, 5.74) is 7.48. The van der Waals surface area contributed by atoms with E-state index in [1.807, 2.05) is 18.2 Å². The predicted molar refractivity (Wildman–Crippen MR) is 102 cm³/mol. The van der Waals surface area contributed by atoms with Gasteiger partial charge in [0.15, 0.2) is 6.61 Å².